The number of nitrogens with one attached hydrogen (secondary N) is 1. The van der Waals surface area contributed by atoms with E-state index in [1.54, 1.807) is 0 Å². The Hall–Kier alpha value is -1.05. The lowest BCUT2D eigenvalue weighted by Gasteiger charge is -2.29. The van der Waals surface area contributed by atoms with Gasteiger partial charge in [0.2, 0.25) is 0 Å². The molecular weight excluding hydrogens is 220 g/mol. The molecule has 0 spiro atoms. The van der Waals surface area contributed by atoms with Gasteiger partial charge in [-0.05, 0) is 49.1 Å². The highest BCUT2D eigenvalue weighted by atomic mass is 14.9. The minimum atomic E-state index is 0.462. The number of rotatable bonds is 2. The zero-order valence-corrected chi connectivity index (χ0v) is 11.9. The van der Waals surface area contributed by atoms with Gasteiger partial charge in [-0.25, -0.2) is 0 Å². The Morgan fingerprint density at radius 3 is 2.67 bits per heavy atom. The van der Waals surface area contributed by atoms with Crippen LogP contribution in [0.5, 0.6) is 0 Å². The van der Waals surface area contributed by atoms with E-state index in [1.165, 1.54) is 32.1 Å². The molecule has 0 radical (unpaired) electrons. The molecule has 0 amide bonds. The zero-order chi connectivity index (χ0) is 13.0. The molecule has 1 saturated carbocycles. The first-order valence-electron chi connectivity index (χ1n) is 7.22. The van der Waals surface area contributed by atoms with Crippen LogP contribution in [-0.4, -0.2) is 11.0 Å². The molecule has 18 heavy (non-hydrogen) atoms. The molecule has 0 aromatic carbocycles. The second-order valence-corrected chi connectivity index (χ2v) is 6.65. The van der Waals surface area contributed by atoms with Crippen LogP contribution in [0.15, 0.2) is 24.5 Å². The Balaban J connectivity index is 1.90. The first-order chi connectivity index (χ1) is 8.55. The first kappa shape index (κ1) is 13.4. The summed E-state index contributed by atoms with van der Waals surface area (Å²) in [6, 6.07) is 4.73. The van der Waals surface area contributed by atoms with Crippen LogP contribution in [0, 0.1) is 11.3 Å². The monoisotopic (exact) mass is 246 g/mol. The van der Waals surface area contributed by atoms with Gasteiger partial charge in [0, 0.05) is 18.4 Å². The second-order valence-electron chi connectivity index (χ2n) is 6.65. The van der Waals surface area contributed by atoms with Crippen LogP contribution in [0.3, 0.4) is 0 Å². The number of hydrogen-bond acceptors (Lipinski definition) is 2. The van der Waals surface area contributed by atoms with Gasteiger partial charge < -0.3 is 5.32 Å². The molecule has 1 heterocycles. The van der Waals surface area contributed by atoms with E-state index >= 15 is 0 Å². The van der Waals surface area contributed by atoms with E-state index in [9.17, 15) is 0 Å². The molecule has 2 nitrogen and oxygen atoms in total. The lowest BCUT2D eigenvalue weighted by Crippen LogP contribution is -2.21. The van der Waals surface area contributed by atoms with Gasteiger partial charge in [0.05, 0.1) is 5.69 Å². The molecule has 1 aromatic heterocycles. The van der Waals surface area contributed by atoms with Crippen molar-refractivity contribution in [2.45, 2.75) is 58.9 Å². The Labute approximate surface area is 111 Å². The minimum Gasteiger partial charge on any atom is -0.381 e. The Kier molecular flexibility index (Phi) is 4.26. The summed E-state index contributed by atoms with van der Waals surface area (Å²) in [4.78, 5) is 4.17. The molecule has 1 aliphatic rings. The Morgan fingerprint density at radius 1 is 1.17 bits per heavy atom. The zero-order valence-electron chi connectivity index (χ0n) is 11.9. The number of pyridine rings is 1. The standard InChI is InChI=1S/C16H26N2/c1-16(2,3)13-6-4-7-14(10-9-13)18-15-8-5-11-17-12-15/h5,8,11-14,18H,4,6-7,9-10H2,1-3H3. The van der Waals surface area contributed by atoms with E-state index in [-0.39, 0.29) is 0 Å². The van der Waals surface area contributed by atoms with Crippen molar-refractivity contribution < 1.29 is 0 Å². The van der Waals surface area contributed by atoms with Crippen molar-refractivity contribution in [1.82, 2.24) is 4.98 Å². The lowest BCUT2D eigenvalue weighted by molar-refractivity contribution is 0.214. The van der Waals surface area contributed by atoms with Gasteiger partial charge in [0.15, 0.2) is 0 Å². The third kappa shape index (κ3) is 3.72. The molecule has 0 bridgehead atoms. The largest absolute Gasteiger partial charge is 0.381 e. The van der Waals surface area contributed by atoms with Crippen LogP contribution < -0.4 is 5.32 Å². The maximum absolute atomic E-state index is 4.17. The highest BCUT2D eigenvalue weighted by Crippen LogP contribution is 2.37. The molecule has 0 aliphatic heterocycles. The molecule has 2 unspecified atom stereocenters. The van der Waals surface area contributed by atoms with Crippen molar-refractivity contribution in [3.63, 3.8) is 0 Å². The van der Waals surface area contributed by atoms with Crippen LogP contribution in [-0.2, 0) is 0 Å². The fourth-order valence-electron chi connectivity index (χ4n) is 3.00. The molecule has 0 saturated heterocycles. The van der Waals surface area contributed by atoms with Crippen LogP contribution in [0.2, 0.25) is 0 Å². The van der Waals surface area contributed by atoms with Crippen LogP contribution in [0.1, 0.15) is 52.9 Å². The average Bonchev–Trinajstić information content (AvgIpc) is 2.55. The normalized spacial score (nSPS) is 25.5. The van der Waals surface area contributed by atoms with Crippen molar-refractivity contribution in [2.75, 3.05) is 5.32 Å². The van der Waals surface area contributed by atoms with E-state index in [0.717, 1.165) is 11.6 Å². The summed E-state index contributed by atoms with van der Waals surface area (Å²) >= 11 is 0. The smallest absolute Gasteiger partial charge is 0.0528 e. The third-order valence-electron chi connectivity index (χ3n) is 4.23. The van der Waals surface area contributed by atoms with E-state index in [1.807, 2.05) is 18.5 Å². The summed E-state index contributed by atoms with van der Waals surface area (Å²) in [5, 5.41) is 3.63. The molecule has 100 valence electrons. The molecule has 1 fully saturated rings. The predicted octanol–water partition coefficient (Wildman–Crippen LogP) is 4.49. The summed E-state index contributed by atoms with van der Waals surface area (Å²) in [6.07, 6.45) is 10.4. The second kappa shape index (κ2) is 5.73. The van der Waals surface area contributed by atoms with Crippen molar-refractivity contribution >= 4 is 5.69 Å². The lowest BCUT2D eigenvalue weighted by atomic mass is 9.76. The summed E-state index contributed by atoms with van der Waals surface area (Å²) in [6.45, 7) is 7.14. The number of hydrogen-bond donors (Lipinski definition) is 1. The van der Waals surface area contributed by atoms with Crippen molar-refractivity contribution in [3.05, 3.63) is 24.5 Å². The highest BCUT2D eigenvalue weighted by molar-refractivity contribution is 5.40. The molecular formula is C16H26N2. The van der Waals surface area contributed by atoms with E-state index < -0.39 is 0 Å². The summed E-state index contributed by atoms with van der Waals surface area (Å²) < 4.78 is 0. The van der Waals surface area contributed by atoms with Gasteiger partial charge in [-0.1, -0.05) is 27.2 Å². The summed E-state index contributed by atoms with van der Waals surface area (Å²) in [5.74, 6) is 0.873. The SMILES string of the molecule is CC(C)(C)C1CCCC(Nc2cccnc2)CC1. The fourth-order valence-corrected chi connectivity index (χ4v) is 3.00. The molecule has 2 rings (SSSR count). The highest BCUT2D eigenvalue weighted by Gasteiger charge is 2.27. The predicted molar refractivity (Wildman–Crippen MR) is 77.7 cm³/mol. The first-order valence-corrected chi connectivity index (χ1v) is 7.22. The van der Waals surface area contributed by atoms with Crippen LogP contribution in [0.25, 0.3) is 0 Å². The van der Waals surface area contributed by atoms with Gasteiger partial charge >= 0.3 is 0 Å². The molecule has 1 aliphatic carbocycles. The van der Waals surface area contributed by atoms with Crippen LogP contribution in [0.4, 0.5) is 5.69 Å². The van der Waals surface area contributed by atoms with Crippen molar-refractivity contribution in [1.29, 1.82) is 0 Å². The number of aromatic nitrogens is 1. The van der Waals surface area contributed by atoms with Gasteiger partial charge in [0.25, 0.3) is 0 Å². The summed E-state index contributed by atoms with van der Waals surface area (Å²) in [5.41, 5.74) is 1.63. The van der Waals surface area contributed by atoms with Gasteiger partial charge in [-0.2, -0.15) is 0 Å². The average molecular weight is 246 g/mol. The fraction of sp³-hybridized carbons (Fsp3) is 0.688. The van der Waals surface area contributed by atoms with E-state index in [2.05, 4.69) is 37.1 Å². The van der Waals surface area contributed by atoms with E-state index in [0.29, 0.717) is 11.5 Å². The van der Waals surface area contributed by atoms with E-state index in [4.69, 9.17) is 0 Å². The molecule has 2 heteroatoms. The topological polar surface area (TPSA) is 24.9 Å². The van der Waals surface area contributed by atoms with Gasteiger partial charge in [0.1, 0.15) is 0 Å². The number of nitrogens with zero attached hydrogens (tertiary/aromatic N) is 1. The maximum atomic E-state index is 4.17. The Morgan fingerprint density at radius 2 is 2.00 bits per heavy atom. The quantitative estimate of drug-likeness (QED) is 0.778. The van der Waals surface area contributed by atoms with Crippen molar-refractivity contribution in [3.8, 4) is 0 Å². The van der Waals surface area contributed by atoms with Crippen molar-refractivity contribution in [2.24, 2.45) is 11.3 Å². The van der Waals surface area contributed by atoms with Crippen LogP contribution >= 0.6 is 0 Å². The summed E-state index contributed by atoms with van der Waals surface area (Å²) in [7, 11) is 0. The third-order valence-corrected chi connectivity index (χ3v) is 4.23. The van der Waals surface area contributed by atoms with Gasteiger partial charge in [-0.15, -0.1) is 0 Å². The van der Waals surface area contributed by atoms with Gasteiger partial charge in [-0.3, -0.25) is 4.98 Å². The minimum absolute atomic E-state index is 0.462. The number of anilines is 1. The molecule has 2 atom stereocenters. The Bertz CT molecular complexity index is 353. The molecule has 1 N–H and O–H groups in total. The molecule has 1 aromatic rings. The maximum Gasteiger partial charge on any atom is 0.0528 e.